The van der Waals surface area contributed by atoms with Gasteiger partial charge in [-0.15, -0.1) is 0 Å². The van der Waals surface area contributed by atoms with Crippen LogP contribution >= 0.6 is 0 Å². The Bertz CT molecular complexity index is 227. The predicted molar refractivity (Wildman–Crippen MR) is 73.9 cm³/mol. The van der Waals surface area contributed by atoms with Crippen LogP contribution in [-0.4, -0.2) is 39.0 Å². The molecule has 1 saturated carbocycles. The van der Waals surface area contributed by atoms with Gasteiger partial charge in [-0.1, -0.05) is 12.8 Å². The maximum atomic E-state index is 6.08. The second kappa shape index (κ2) is 7.46. The SMILES string of the molecule is COCCNCCCC1CCOC2(CCCC2)C1. The number of methoxy groups -OCH3 is 1. The number of rotatable bonds is 7. The summed E-state index contributed by atoms with van der Waals surface area (Å²) in [5, 5.41) is 3.43. The van der Waals surface area contributed by atoms with E-state index in [1.54, 1.807) is 7.11 Å². The first-order valence-electron chi connectivity index (χ1n) is 7.68. The van der Waals surface area contributed by atoms with Crippen molar-refractivity contribution in [2.45, 2.75) is 57.0 Å². The Labute approximate surface area is 112 Å². The molecule has 1 atom stereocenters. The molecule has 3 nitrogen and oxygen atoms in total. The first-order chi connectivity index (χ1) is 8.85. The van der Waals surface area contributed by atoms with Crippen LogP contribution in [0.3, 0.4) is 0 Å². The Kier molecular flexibility index (Phi) is 5.93. The molecule has 0 aromatic heterocycles. The summed E-state index contributed by atoms with van der Waals surface area (Å²) < 4.78 is 11.1. The van der Waals surface area contributed by atoms with E-state index in [1.165, 1.54) is 51.4 Å². The molecule has 0 aromatic carbocycles. The first-order valence-corrected chi connectivity index (χ1v) is 7.68. The Morgan fingerprint density at radius 2 is 2.11 bits per heavy atom. The summed E-state index contributed by atoms with van der Waals surface area (Å²) in [6.07, 6.45) is 10.7. The Morgan fingerprint density at radius 1 is 1.28 bits per heavy atom. The van der Waals surface area contributed by atoms with E-state index in [0.717, 1.165) is 32.2 Å². The normalized spacial score (nSPS) is 26.8. The molecule has 0 amide bonds. The molecule has 0 bridgehead atoms. The number of hydrogen-bond donors (Lipinski definition) is 1. The van der Waals surface area contributed by atoms with Crippen LogP contribution in [0.2, 0.25) is 0 Å². The quantitative estimate of drug-likeness (QED) is 0.710. The molecule has 2 fully saturated rings. The van der Waals surface area contributed by atoms with Crippen molar-refractivity contribution in [3.63, 3.8) is 0 Å². The van der Waals surface area contributed by atoms with E-state index in [4.69, 9.17) is 9.47 Å². The number of ether oxygens (including phenoxy) is 2. The smallest absolute Gasteiger partial charge is 0.0685 e. The van der Waals surface area contributed by atoms with Gasteiger partial charge in [0.2, 0.25) is 0 Å². The van der Waals surface area contributed by atoms with E-state index in [-0.39, 0.29) is 0 Å². The fourth-order valence-corrected chi connectivity index (χ4v) is 3.56. The standard InChI is InChI=1S/C15H29NO2/c1-17-12-10-16-9-4-5-14-6-11-18-15(13-14)7-2-3-8-15/h14,16H,2-13H2,1H3. The van der Waals surface area contributed by atoms with Crippen LogP contribution in [0.15, 0.2) is 0 Å². The summed E-state index contributed by atoms with van der Waals surface area (Å²) in [4.78, 5) is 0. The van der Waals surface area contributed by atoms with Crippen LogP contribution in [0.5, 0.6) is 0 Å². The van der Waals surface area contributed by atoms with E-state index in [1.807, 2.05) is 0 Å². The molecule has 1 spiro atoms. The first kappa shape index (κ1) is 14.3. The average molecular weight is 255 g/mol. The van der Waals surface area contributed by atoms with Crippen molar-refractivity contribution in [2.75, 3.05) is 33.4 Å². The highest BCUT2D eigenvalue weighted by atomic mass is 16.5. The van der Waals surface area contributed by atoms with Gasteiger partial charge in [-0.2, -0.15) is 0 Å². The maximum Gasteiger partial charge on any atom is 0.0685 e. The molecule has 18 heavy (non-hydrogen) atoms. The Hall–Kier alpha value is -0.120. The van der Waals surface area contributed by atoms with E-state index < -0.39 is 0 Å². The van der Waals surface area contributed by atoms with Gasteiger partial charge in [-0.3, -0.25) is 0 Å². The molecule has 1 saturated heterocycles. The van der Waals surface area contributed by atoms with Gasteiger partial charge in [0, 0.05) is 20.3 Å². The molecular formula is C15H29NO2. The van der Waals surface area contributed by atoms with Crippen molar-refractivity contribution in [2.24, 2.45) is 5.92 Å². The summed E-state index contributed by atoms with van der Waals surface area (Å²) in [6.45, 7) is 3.93. The fourth-order valence-electron chi connectivity index (χ4n) is 3.56. The van der Waals surface area contributed by atoms with Crippen molar-refractivity contribution in [1.29, 1.82) is 0 Å². The van der Waals surface area contributed by atoms with Crippen molar-refractivity contribution in [3.05, 3.63) is 0 Å². The zero-order valence-electron chi connectivity index (χ0n) is 11.9. The minimum atomic E-state index is 0.298. The minimum Gasteiger partial charge on any atom is -0.383 e. The molecule has 1 N–H and O–H groups in total. The van der Waals surface area contributed by atoms with Crippen LogP contribution in [0.1, 0.15) is 51.4 Å². The lowest BCUT2D eigenvalue weighted by Gasteiger charge is -2.38. The molecule has 1 unspecified atom stereocenters. The average Bonchev–Trinajstić information content (AvgIpc) is 2.82. The van der Waals surface area contributed by atoms with Crippen molar-refractivity contribution < 1.29 is 9.47 Å². The molecule has 3 heteroatoms. The lowest BCUT2D eigenvalue weighted by molar-refractivity contribution is -0.0938. The van der Waals surface area contributed by atoms with Gasteiger partial charge in [-0.25, -0.2) is 0 Å². The second-order valence-electron chi connectivity index (χ2n) is 5.98. The summed E-state index contributed by atoms with van der Waals surface area (Å²) in [5.41, 5.74) is 0.298. The molecule has 2 rings (SSSR count). The third kappa shape index (κ3) is 4.22. The van der Waals surface area contributed by atoms with Gasteiger partial charge in [0.05, 0.1) is 12.2 Å². The Morgan fingerprint density at radius 3 is 2.89 bits per heavy atom. The molecule has 1 heterocycles. The van der Waals surface area contributed by atoms with E-state index in [0.29, 0.717) is 5.60 Å². The van der Waals surface area contributed by atoms with Gasteiger partial charge in [0.15, 0.2) is 0 Å². The van der Waals surface area contributed by atoms with Crippen molar-refractivity contribution >= 4 is 0 Å². The molecule has 1 aliphatic carbocycles. The lowest BCUT2D eigenvalue weighted by Crippen LogP contribution is -2.37. The van der Waals surface area contributed by atoms with E-state index >= 15 is 0 Å². The predicted octanol–water partition coefficient (Wildman–Crippen LogP) is 2.74. The van der Waals surface area contributed by atoms with Gasteiger partial charge in [-0.05, 0) is 51.0 Å². The Balaban J connectivity index is 1.58. The molecule has 0 radical (unpaired) electrons. The zero-order chi connectivity index (χ0) is 12.7. The zero-order valence-corrected chi connectivity index (χ0v) is 11.9. The molecular weight excluding hydrogens is 226 g/mol. The largest absolute Gasteiger partial charge is 0.383 e. The van der Waals surface area contributed by atoms with Gasteiger partial charge >= 0.3 is 0 Å². The second-order valence-corrected chi connectivity index (χ2v) is 5.98. The monoisotopic (exact) mass is 255 g/mol. The molecule has 2 aliphatic rings. The highest BCUT2D eigenvalue weighted by Crippen LogP contribution is 2.42. The van der Waals surface area contributed by atoms with Crippen molar-refractivity contribution in [3.8, 4) is 0 Å². The third-order valence-electron chi connectivity index (χ3n) is 4.56. The molecule has 106 valence electrons. The van der Waals surface area contributed by atoms with Crippen LogP contribution in [0.25, 0.3) is 0 Å². The number of nitrogens with one attached hydrogen (secondary N) is 1. The summed E-state index contributed by atoms with van der Waals surface area (Å²) in [5.74, 6) is 0.904. The highest BCUT2D eigenvalue weighted by molar-refractivity contribution is 4.91. The lowest BCUT2D eigenvalue weighted by atomic mass is 9.82. The minimum absolute atomic E-state index is 0.298. The van der Waals surface area contributed by atoms with E-state index in [2.05, 4.69) is 5.32 Å². The topological polar surface area (TPSA) is 30.5 Å². The van der Waals surface area contributed by atoms with Crippen LogP contribution in [0.4, 0.5) is 0 Å². The molecule has 0 aromatic rings. The summed E-state index contributed by atoms with van der Waals surface area (Å²) in [6, 6.07) is 0. The van der Waals surface area contributed by atoms with Gasteiger partial charge in [0.25, 0.3) is 0 Å². The van der Waals surface area contributed by atoms with Crippen LogP contribution in [0, 0.1) is 5.92 Å². The van der Waals surface area contributed by atoms with Crippen LogP contribution in [-0.2, 0) is 9.47 Å². The van der Waals surface area contributed by atoms with Crippen molar-refractivity contribution in [1.82, 2.24) is 5.32 Å². The van der Waals surface area contributed by atoms with Gasteiger partial charge in [0.1, 0.15) is 0 Å². The summed E-state index contributed by atoms with van der Waals surface area (Å²) in [7, 11) is 1.75. The third-order valence-corrected chi connectivity index (χ3v) is 4.56. The summed E-state index contributed by atoms with van der Waals surface area (Å²) >= 11 is 0. The fraction of sp³-hybridized carbons (Fsp3) is 1.00. The maximum absolute atomic E-state index is 6.08. The molecule has 1 aliphatic heterocycles. The van der Waals surface area contributed by atoms with Crippen LogP contribution < -0.4 is 5.32 Å². The highest BCUT2D eigenvalue weighted by Gasteiger charge is 2.39. The van der Waals surface area contributed by atoms with Gasteiger partial charge < -0.3 is 14.8 Å². The number of hydrogen-bond acceptors (Lipinski definition) is 3. The van der Waals surface area contributed by atoms with E-state index in [9.17, 15) is 0 Å².